The van der Waals surface area contributed by atoms with Crippen LogP contribution < -0.4 is 4.74 Å². The Labute approximate surface area is 239 Å². The summed E-state index contributed by atoms with van der Waals surface area (Å²) in [6.07, 6.45) is 17.5. The number of benzene rings is 2. The minimum atomic E-state index is -0.634. The molecule has 0 fully saturated rings. The molecule has 0 aliphatic carbocycles. The summed E-state index contributed by atoms with van der Waals surface area (Å²) in [4.78, 5) is 13.1. The molecule has 0 aliphatic heterocycles. The van der Waals surface area contributed by atoms with E-state index in [-0.39, 0.29) is 12.0 Å². The van der Waals surface area contributed by atoms with Gasteiger partial charge < -0.3 is 14.0 Å². The van der Waals surface area contributed by atoms with Gasteiger partial charge in [0.1, 0.15) is 12.3 Å². The maximum Gasteiger partial charge on any atom is 0.368 e. The van der Waals surface area contributed by atoms with E-state index in [1.165, 1.54) is 88.2 Å². The van der Waals surface area contributed by atoms with Crippen LogP contribution in [0.5, 0.6) is 5.75 Å². The highest BCUT2D eigenvalue weighted by molar-refractivity contribution is 5.74. The molecule has 4 heteroatoms. The Morgan fingerprint density at radius 1 is 0.744 bits per heavy atom. The Bertz CT molecular complexity index is 911. The monoisotopic (exact) mass is 538 g/mol. The zero-order valence-electron chi connectivity index (χ0n) is 25.6. The van der Waals surface area contributed by atoms with E-state index in [1.807, 2.05) is 37.3 Å². The van der Waals surface area contributed by atoms with Crippen LogP contribution in [0.15, 0.2) is 54.6 Å². The van der Waals surface area contributed by atoms with Crippen molar-refractivity contribution in [1.82, 2.24) is 0 Å². The van der Waals surface area contributed by atoms with E-state index < -0.39 is 6.29 Å². The SMILES string of the molecule is CCCCCCCCCCCCCCc1cccc(OC(C)OC(=O)C(CC)[N+](C)(C)Cc2ccccc2)c1. The molecule has 0 aromatic heterocycles. The highest BCUT2D eigenvalue weighted by Crippen LogP contribution is 2.21. The van der Waals surface area contributed by atoms with Crippen molar-refractivity contribution in [2.45, 2.75) is 130 Å². The number of rotatable bonds is 21. The van der Waals surface area contributed by atoms with Gasteiger partial charge in [0, 0.05) is 18.9 Å². The molecule has 0 heterocycles. The van der Waals surface area contributed by atoms with Gasteiger partial charge in [0.2, 0.25) is 6.29 Å². The van der Waals surface area contributed by atoms with Crippen LogP contribution in [0.25, 0.3) is 0 Å². The molecule has 0 aliphatic rings. The van der Waals surface area contributed by atoms with Crippen molar-refractivity contribution < 1.29 is 18.8 Å². The van der Waals surface area contributed by atoms with Crippen LogP contribution in [0.2, 0.25) is 0 Å². The van der Waals surface area contributed by atoms with E-state index >= 15 is 0 Å². The lowest BCUT2D eigenvalue weighted by molar-refractivity contribution is -0.919. The van der Waals surface area contributed by atoms with Crippen molar-refractivity contribution in [2.75, 3.05) is 14.1 Å². The van der Waals surface area contributed by atoms with Gasteiger partial charge in [0.25, 0.3) is 0 Å². The summed E-state index contributed by atoms with van der Waals surface area (Å²) in [5.74, 6) is 0.552. The summed E-state index contributed by atoms with van der Waals surface area (Å²) in [7, 11) is 4.18. The zero-order valence-corrected chi connectivity index (χ0v) is 25.6. The summed E-state index contributed by atoms with van der Waals surface area (Å²) in [5.41, 5.74) is 2.49. The van der Waals surface area contributed by atoms with E-state index in [9.17, 15) is 4.79 Å². The second-order valence-electron chi connectivity index (χ2n) is 11.8. The topological polar surface area (TPSA) is 35.5 Å². The lowest BCUT2D eigenvalue weighted by atomic mass is 10.0. The van der Waals surface area contributed by atoms with E-state index in [2.05, 4.69) is 45.3 Å². The van der Waals surface area contributed by atoms with Crippen LogP contribution in [-0.2, 0) is 22.5 Å². The molecule has 2 rings (SSSR count). The van der Waals surface area contributed by atoms with Crippen LogP contribution >= 0.6 is 0 Å². The Balaban J connectivity index is 1.69. The zero-order chi connectivity index (χ0) is 28.3. The molecular weight excluding hydrogens is 482 g/mol. The second kappa shape index (κ2) is 18.9. The number of likely N-dealkylation sites (N-methyl/N-ethyl adjacent to an activating group) is 1. The number of carbonyl (C=O) groups is 1. The molecule has 2 aromatic carbocycles. The Kier molecular flexibility index (Phi) is 15.9. The van der Waals surface area contributed by atoms with Gasteiger partial charge in [-0.15, -0.1) is 0 Å². The number of hydrogen-bond acceptors (Lipinski definition) is 3. The number of esters is 1. The molecule has 0 radical (unpaired) electrons. The van der Waals surface area contributed by atoms with Crippen molar-refractivity contribution in [3.63, 3.8) is 0 Å². The molecule has 0 amide bonds. The first-order valence-corrected chi connectivity index (χ1v) is 15.7. The van der Waals surface area contributed by atoms with Crippen molar-refractivity contribution in [3.05, 3.63) is 65.7 Å². The first-order chi connectivity index (χ1) is 18.9. The molecule has 2 unspecified atom stereocenters. The summed E-state index contributed by atoms with van der Waals surface area (Å²) >= 11 is 0. The molecule has 39 heavy (non-hydrogen) atoms. The van der Waals surface area contributed by atoms with Gasteiger partial charge >= 0.3 is 5.97 Å². The third-order valence-electron chi connectivity index (χ3n) is 7.74. The summed E-state index contributed by atoms with van der Waals surface area (Å²) in [6.45, 7) is 6.90. The van der Waals surface area contributed by atoms with E-state index in [0.29, 0.717) is 10.9 Å². The number of unbranched alkanes of at least 4 members (excludes halogenated alkanes) is 11. The normalized spacial score (nSPS) is 13.2. The highest BCUT2D eigenvalue weighted by Gasteiger charge is 2.36. The van der Waals surface area contributed by atoms with Gasteiger partial charge in [-0.1, -0.05) is 127 Å². The fourth-order valence-electron chi connectivity index (χ4n) is 5.51. The Morgan fingerprint density at radius 2 is 1.31 bits per heavy atom. The number of nitrogens with zero attached hydrogens (tertiary/aromatic N) is 1. The summed E-state index contributed by atoms with van der Waals surface area (Å²) < 4.78 is 12.3. The van der Waals surface area contributed by atoms with Gasteiger partial charge in [-0.3, -0.25) is 0 Å². The largest absolute Gasteiger partial charge is 0.455 e. The highest BCUT2D eigenvalue weighted by atomic mass is 16.7. The third kappa shape index (κ3) is 13.5. The smallest absolute Gasteiger partial charge is 0.368 e. The Morgan fingerprint density at radius 3 is 1.90 bits per heavy atom. The number of ether oxygens (including phenoxy) is 2. The van der Waals surface area contributed by atoms with Gasteiger partial charge in [-0.25, -0.2) is 4.79 Å². The molecule has 2 atom stereocenters. The number of quaternary nitrogens is 1. The molecular formula is C35H56NO3+. The number of aryl methyl sites for hydroxylation is 1. The fourth-order valence-corrected chi connectivity index (χ4v) is 5.51. The molecule has 0 saturated heterocycles. The quantitative estimate of drug-likeness (QED) is 0.0687. The van der Waals surface area contributed by atoms with Crippen LogP contribution in [0, 0.1) is 0 Å². The molecule has 0 bridgehead atoms. The Hall–Kier alpha value is -2.33. The van der Waals surface area contributed by atoms with Crippen molar-refractivity contribution in [2.24, 2.45) is 0 Å². The lowest BCUT2D eigenvalue weighted by Crippen LogP contribution is -2.53. The molecule has 2 aromatic rings. The predicted molar refractivity (Wildman–Crippen MR) is 164 cm³/mol. The maximum absolute atomic E-state index is 13.1. The number of hydrogen-bond donors (Lipinski definition) is 0. The van der Waals surface area contributed by atoms with Gasteiger partial charge in [0.05, 0.1) is 14.1 Å². The average Bonchev–Trinajstić information content (AvgIpc) is 2.90. The average molecular weight is 539 g/mol. The van der Waals surface area contributed by atoms with Crippen LogP contribution in [0.4, 0.5) is 0 Å². The van der Waals surface area contributed by atoms with Gasteiger partial charge in [-0.05, 0) is 30.5 Å². The molecule has 0 spiro atoms. The minimum absolute atomic E-state index is 0.210. The number of carbonyl (C=O) groups excluding carboxylic acids is 1. The minimum Gasteiger partial charge on any atom is -0.455 e. The van der Waals surface area contributed by atoms with Crippen LogP contribution in [0.3, 0.4) is 0 Å². The molecule has 218 valence electrons. The standard InChI is InChI=1S/C35H56NO3/c1-6-8-9-10-11-12-13-14-15-16-17-19-23-31-26-22-27-33(28-31)38-30(3)39-35(37)34(7-2)36(4,5)29-32-24-20-18-21-25-32/h18,20-22,24-28,30,34H,6-17,19,23,29H2,1-5H3/q+1. The van der Waals surface area contributed by atoms with Gasteiger partial charge in [-0.2, -0.15) is 0 Å². The predicted octanol–water partition coefficient (Wildman–Crippen LogP) is 9.25. The third-order valence-corrected chi connectivity index (χ3v) is 7.74. The summed E-state index contributed by atoms with van der Waals surface area (Å²) in [6, 6.07) is 18.3. The second-order valence-corrected chi connectivity index (χ2v) is 11.8. The van der Waals surface area contributed by atoms with Crippen molar-refractivity contribution >= 4 is 5.97 Å². The molecule has 0 N–H and O–H groups in total. The maximum atomic E-state index is 13.1. The molecule has 0 saturated carbocycles. The van der Waals surface area contributed by atoms with E-state index in [1.54, 1.807) is 6.92 Å². The van der Waals surface area contributed by atoms with Crippen LogP contribution in [0.1, 0.15) is 115 Å². The van der Waals surface area contributed by atoms with E-state index in [4.69, 9.17) is 9.47 Å². The summed E-state index contributed by atoms with van der Waals surface area (Å²) in [5, 5.41) is 0. The van der Waals surface area contributed by atoms with E-state index in [0.717, 1.165) is 18.7 Å². The first-order valence-electron chi connectivity index (χ1n) is 15.7. The lowest BCUT2D eigenvalue weighted by Gasteiger charge is -2.36. The van der Waals surface area contributed by atoms with Gasteiger partial charge in [0.15, 0.2) is 6.04 Å². The fraction of sp³-hybridized carbons (Fsp3) is 0.629. The first kappa shape index (κ1) is 32.9. The molecule has 4 nitrogen and oxygen atoms in total. The van der Waals surface area contributed by atoms with Crippen molar-refractivity contribution in [3.8, 4) is 5.75 Å². The van der Waals surface area contributed by atoms with Crippen molar-refractivity contribution in [1.29, 1.82) is 0 Å². The van der Waals surface area contributed by atoms with Crippen LogP contribution in [-0.4, -0.2) is 36.9 Å².